The van der Waals surface area contributed by atoms with E-state index in [9.17, 15) is 0 Å². The number of benzene rings is 1. The molecule has 4 heteroatoms. The van der Waals surface area contributed by atoms with E-state index in [1.165, 1.54) is 5.56 Å². The Morgan fingerprint density at radius 2 is 1.79 bits per heavy atom. The Balaban J connectivity index is 2.21. The van der Waals surface area contributed by atoms with E-state index in [2.05, 4.69) is 0 Å². The summed E-state index contributed by atoms with van der Waals surface area (Å²) in [6, 6.07) is 10.1. The Labute approximate surface area is 86.9 Å². The van der Waals surface area contributed by atoms with Gasteiger partial charge in [0.25, 0.3) is 0 Å². The minimum atomic E-state index is -0.763. The average Bonchev–Trinajstić information content (AvgIpc) is 2.26. The molecular formula is C10H16O3Si. The molecule has 14 heavy (non-hydrogen) atoms. The third kappa shape index (κ3) is 4.02. The summed E-state index contributed by atoms with van der Waals surface area (Å²) in [4.78, 5) is 0. The predicted octanol–water partition coefficient (Wildman–Crippen LogP) is 0.863. The average molecular weight is 212 g/mol. The fourth-order valence-electron chi connectivity index (χ4n) is 1.08. The second-order valence-electron chi connectivity index (χ2n) is 2.90. The molecule has 0 amide bonds. The molecule has 78 valence electrons. The SMILES string of the molecule is COC(OC)[SiH2]OCc1ccccc1. The van der Waals surface area contributed by atoms with Gasteiger partial charge in [0.2, 0.25) is 9.76 Å². The van der Waals surface area contributed by atoms with Gasteiger partial charge in [-0.15, -0.1) is 0 Å². The van der Waals surface area contributed by atoms with Crippen molar-refractivity contribution in [2.45, 2.75) is 12.5 Å². The van der Waals surface area contributed by atoms with Gasteiger partial charge in [-0.1, -0.05) is 30.3 Å². The van der Waals surface area contributed by atoms with Crippen molar-refractivity contribution in [1.29, 1.82) is 0 Å². The molecule has 1 aromatic carbocycles. The van der Waals surface area contributed by atoms with Crippen molar-refractivity contribution < 1.29 is 13.9 Å². The van der Waals surface area contributed by atoms with E-state index in [1.807, 2.05) is 30.3 Å². The van der Waals surface area contributed by atoms with Crippen LogP contribution in [0.1, 0.15) is 5.56 Å². The first-order chi connectivity index (χ1) is 6.86. The Bertz CT molecular complexity index is 236. The molecule has 0 aliphatic heterocycles. The minimum absolute atomic E-state index is 0.140. The van der Waals surface area contributed by atoms with Crippen molar-refractivity contribution in [3.8, 4) is 0 Å². The standard InChI is InChI=1S/C10H16O3Si/c1-11-10(12-2)14-13-8-9-6-4-3-5-7-9/h3-7,10H,8,14H2,1-2H3. The molecule has 0 aromatic heterocycles. The summed E-state index contributed by atoms with van der Waals surface area (Å²) < 4.78 is 15.7. The second-order valence-corrected chi connectivity index (χ2v) is 4.31. The Morgan fingerprint density at radius 3 is 2.36 bits per heavy atom. The van der Waals surface area contributed by atoms with Crippen LogP contribution in [-0.2, 0) is 20.5 Å². The van der Waals surface area contributed by atoms with Crippen molar-refractivity contribution in [2.24, 2.45) is 0 Å². The van der Waals surface area contributed by atoms with Crippen LogP contribution in [0, 0.1) is 0 Å². The first kappa shape index (κ1) is 11.4. The zero-order valence-electron chi connectivity index (χ0n) is 8.60. The quantitative estimate of drug-likeness (QED) is 0.517. The van der Waals surface area contributed by atoms with Crippen LogP contribution >= 0.6 is 0 Å². The molecular weight excluding hydrogens is 196 g/mol. The van der Waals surface area contributed by atoms with Crippen molar-refractivity contribution in [3.63, 3.8) is 0 Å². The number of methoxy groups -OCH3 is 2. The third-order valence-corrected chi connectivity index (χ3v) is 3.27. The number of hydrogen-bond donors (Lipinski definition) is 0. The van der Waals surface area contributed by atoms with E-state index in [1.54, 1.807) is 14.2 Å². The molecule has 0 radical (unpaired) electrons. The van der Waals surface area contributed by atoms with Crippen LogP contribution in [0.2, 0.25) is 0 Å². The van der Waals surface area contributed by atoms with Crippen LogP contribution in [-0.4, -0.2) is 29.9 Å². The van der Waals surface area contributed by atoms with Crippen molar-refractivity contribution in [1.82, 2.24) is 0 Å². The highest BCUT2D eigenvalue weighted by Crippen LogP contribution is 2.00. The number of ether oxygens (including phenoxy) is 2. The first-order valence-electron chi connectivity index (χ1n) is 4.54. The molecule has 0 heterocycles. The van der Waals surface area contributed by atoms with E-state index >= 15 is 0 Å². The summed E-state index contributed by atoms with van der Waals surface area (Å²) in [5.74, 6) is -0.140. The molecule has 0 atom stereocenters. The van der Waals surface area contributed by atoms with Crippen LogP contribution in [0.4, 0.5) is 0 Å². The highest BCUT2D eigenvalue weighted by Gasteiger charge is 2.05. The van der Waals surface area contributed by atoms with Crippen LogP contribution in [0.3, 0.4) is 0 Å². The minimum Gasteiger partial charge on any atom is -0.414 e. The molecule has 1 rings (SSSR count). The van der Waals surface area contributed by atoms with Crippen molar-refractivity contribution >= 4 is 9.76 Å². The second kappa shape index (κ2) is 6.72. The Hall–Kier alpha value is -0.683. The largest absolute Gasteiger partial charge is 0.414 e. The summed E-state index contributed by atoms with van der Waals surface area (Å²) in [6.45, 7) is 0.649. The van der Waals surface area contributed by atoms with Crippen LogP contribution in [0.5, 0.6) is 0 Å². The van der Waals surface area contributed by atoms with Gasteiger partial charge in [-0.3, -0.25) is 0 Å². The molecule has 0 aliphatic rings. The predicted molar refractivity (Wildman–Crippen MR) is 57.6 cm³/mol. The maximum absolute atomic E-state index is 5.55. The smallest absolute Gasteiger partial charge is 0.224 e. The van der Waals surface area contributed by atoms with Gasteiger partial charge >= 0.3 is 0 Å². The zero-order chi connectivity index (χ0) is 10.2. The summed E-state index contributed by atoms with van der Waals surface area (Å²) in [6.07, 6.45) is 0. The molecule has 0 aliphatic carbocycles. The molecule has 0 spiro atoms. The summed E-state index contributed by atoms with van der Waals surface area (Å²) in [5, 5.41) is 0. The number of rotatable bonds is 6. The van der Waals surface area contributed by atoms with E-state index in [-0.39, 0.29) is 5.91 Å². The molecule has 0 bridgehead atoms. The van der Waals surface area contributed by atoms with Gasteiger partial charge in [0.1, 0.15) is 0 Å². The molecule has 3 nitrogen and oxygen atoms in total. The first-order valence-corrected chi connectivity index (χ1v) is 5.93. The maximum Gasteiger partial charge on any atom is 0.224 e. The van der Waals surface area contributed by atoms with E-state index < -0.39 is 9.76 Å². The van der Waals surface area contributed by atoms with Gasteiger partial charge in [0.05, 0.1) is 6.61 Å². The fourth-order valence-corrected chi connectivity index (χ4v) is 1.90. The molecule has 0 unspecified atom stereocenters. The van der Waals surface area contributed by atoms with Crippen LogP contribution in [0.15, 0.2) is 30.3 Å². The van der Waals surface area contributed by atoms with Gasteiger partial charge in [-0.25, -0.2) is 0 Å². The normalized spacial score (nSPS) is 11.6. The zero-order valence-corrected chi connectivity index (χ0v) is 10.0. The van der Waals surface area contributed by atoms with Gasteiger partial charge in [-0.2, -0.15) is 0 Å². The van der Waals surface area contributed by atoms with E-state index in [0.29, 0.717) is 6.61 Å². The lowest BCUT2D eigenvalue weighted by Crippen LogP contribution is -2.23. The van der Waals surface area contributed by atoms with E-state index in [4.69, 9.17) is 13.9 Å². The molecule has 0 fully saturated rings. The van der Waals surface area contributed by atoms with Crippen LogP contribution < -0.4 is 0 Å². The lowest BCUT2D eigenvalue weighted by molar-refractivity contribution is -0.0532. The van der Waals surface area contributed by atoms with Crippen molar-refractivity contribution in [2.75, 3.05) is 14.2 Å². The lowest BCUT2D eigenvalue weighted by atomic mass is 10.2. The Kier molecular flexibility index (Phi) is 5.47. The van der Waals surface area contributed by atoms with Crippen LogP contribution in [0.25, 0.3) is 0 Å². The monoisotopic (exact) mass is 212 g/mol. The Morgan fingerprint density at radius 1 is 1.14 bits per heavy atom. The van der Waals surface area contributed by atoms with Crippen molar-refractivity contribution in [3.05, 3.63) is 35.9 Å². The lowest BCUT2D eigenvalue weighted by Gasteiger charge is -2.12. The molecule has 0 saturated carbocycles. The van der Waals surface area contributed by atoms with Gasteiger partial charge in [-0.05, 0) is 5.56 Å². The molecule has 0 saturated heterocycles. The fraction of sp³-hybridized carbons (Fsp3) is 0.400. The number of hydrogen-bond acceptors (Lipinski definition) is 3. The summed E-state index contributed by atoms with van der Waals surface area (Å²) in [5.41, 5.74) is 1.19. The highest BCUT2D eigenvalue weighted by atomic mass is 28.2. The maximum atomic E-state index is 5.55. The topological polar surface area (TPSA) is 27.7 Å². The van der Waals surface area contributed by atoms with E-state index in [0.717, 1.165) is 0 Å². The molecule has 1 aromatic rings. The third-order valence-electron chi connectivity index (χ3n) is 1.89. The summed E-state index contributed by atoms with van der Waals surface area (Å²) in [7, 11) is 2.50. The molecule has 0 N–H and O–H groups in total. The highest BCUT2D eigenvalue weighted by molar-refractivity contribution is 6.28. The summed E-state index contributed by atoms with van der Waals surface area (Å²) >= 11 is 0. The van der Waals surface area contributed by atoms with Gasteiger partial charge < -0.3 is 13.9 Å². The van der Waals surface area contributed by atoms with Gasteiger partial charge in [0, 0.05) is 14.2 Å². The van der Waals surface area contributed by atoms with Gasteiger partial charge in [0.15, 0.2) is 5.91 Å².